The number of hydrogen-bond donors (Lipinski definition) is 0. The number of benzene rings is 1. The number of carbonyl (C=O) groups excluding carboxylic acids is 1. The number of rotatable bonds is 3. The summed E-state index contributed by atoms with van der Waals surface area (Å²) in [7, 11) is 0. The Balaban J connectivity index is 1.66. The summed E-state index contributed by atoms with van der Waals surface area (Å²) < 4.78 is 40.2. The minimum Gasteiger partial charge on any atom is -0.368 e. The van der Waals surface area contributed by atoms with Crippen LogP contribution >= 0.6 is 0 Å². The summed E-state index contributed by atoms with van der Waals surface area (Å²) in [5.41, 5.74) is 3.06. The molecule has 0 bridgehead atoms. The van der Waals surface area contributed by atoms with Crippen molar-refractivity contribution >= 4 is 11.6 Å². The Kier molecular flexibility index (Phi) is 5.41. The van der Waals surface area contributed by atoms with Gasteiger partial charge in [0.15, 0.2) is 5.69 Å². The Bertz CT molecular complexity index is 880. The third kappa shape index (κ3) is 4.00. The average molecular weight is 394 g/mol. The highest BCUT2D eigenvalue weighted by molar-refractivity contribution is 5.76. The molecule has 152 valence electrons. The molecule has 5 nitrogen and oxygen atoms in total. The monoisotopic (exact) mass is 394 g/mol. The highest BCUT2D eigenvalue weighted by atomic mass is 19.4. The summed E-state index contributed by atoms with van der Waals surface area (Å²) >= 11 is 0. The number of carbonyl (C=O) groups is 1. The van der Waals surface area contributed by atoms with E-state index >= 15 is 0 Å². The third-order valence-electron chi connectivity index (χ3n) is 5.40. The molecule has 1 aliphatic heterocycles. The highest BCUT2D eigenvalue weighted by Gasteiger charge is 2.37. The molecule has 0 atom stereocenters. The van der Waals surface area contributed by atoms with Crippen molar-refractivity contribution < 1.29 is 18.0 Å². The van der Waals surface area contributed by atoms with Crippen LogP contribution in [0.15, 0.2) is 18.2 Å². The van der Waals surface area contributed by atoms with E-state index in [0.29, 0.717) is 31.9 Å². The van der Waals surface area contributed by atoms with Crippen molar-refractivity contribution in [2.45, 2.75) is 40.4 Å². The number of halogens is 3. The van der Waals surface area contributed by atoms with Gasteiger partial charge in [-0.1, -0.05) is 12.1 Å². The van der Waals surface area contributed by atoms with Crippen molar-refractivity contribution in [1.29, 1.82) is 0 Å². The molecule has 3 rings (SSSR count). The van der Waals surface area contributed by atoms with Gasteiger partial charge in [-0.25, -0.2) is 0 Å². The summed E-state index contributed by atoms with van der Waals surface area (Å²) in [6.45, 7) is 9.35. The number of amides is 1. The smallest absolute Gasteiger partial charge is 0.368 e. The lowest BCUT2D eigenvalue weighted by atomic mass is 10.1. The van der Waals surface area contributed by atoms with Gasteiger partial charge in [0.2, 0.25) is 5.91 Å². The van der Waals surface area contributed by atoms with Crippen LogP contribution < -0.4 is 4.90 Å². The van der Waals surface area contributed by atoms with Crippen molar-refractivity contribution in [2.24, 2.45) is 0 Å². The van der Waals surface area contributed by atoms with Crippen LogP contribution in [0.4, 0.5) is 18.9 Å². The standard InChI is InChI=1S/C20H25F3N4O/c1-13-5-6-14(2)17(11-13)25-7-9-26(10-8-25)18(28)12-27-16(4)15(3)19(24-27)20(21,22)23/h5-6,11H,7-10,12H2,1-4H3. The van der Waals surface area contributed by atoms with Crippen LogP contribution in [0.25, 0.3) is 0 Å². The zero-order valence-electron chi connectivity index (χ0n) is 16.6. The molecule has 1 fully saturated rings. The quantitative estimate of drug-likeness (QED) is 0.800. The average Bonchev–Trinajstić information content (AvgIpc) is 2.92. The summed E-state index contributed by atoms with van der Waals surface area (Å²) in [5, 5.41) is 3.63. The molecular weight excluding hydrogens is 369 g/mol. The second-order valence-electron chi connectivity index (χ2n) is 7.37. The molecular formula is C20H25F3N4O. The van der Waals surface area contributed by atoms with Gasteiger partial charge in [-0.3, -0.25) is 9.48 Å². The fourth-order valence-corrected chi connectivity index (χ4v) is 3.54. The Labute approximate surface area is 162 Å². The van der Waals surface area contributed by atoms with E-state index in [1.54, 1.807) is 11.8 Å². The SMILES string of the molecule is Cc1ccc(C)c(N2CCN(C(=O)Cn3nc(C(F)(F)F)c(C)c3C)CC2)c1. The second-order valence-corrected chi connectivity index (χ2v) is 7.37. The molecule has 1 saturated heterocycles. The highest BCUT2D eigenvalue weighted by Crippen LogP contribution is 2.32. The van der Waals surface area contributed by atoms with Crippen molar-refractivity contribution in [3.05, 3.63) is 46.3 Å². The molecule has 28 heavy (non-hydrogen) atoms. The number of alkyl halides is 3. The van der Waals surface area contributed by atoms with Crippen LogP contribution in [0.2, 0.25) is 0 Å². The Hall–Kier alpha value is -2.51. The van der Waals surface area contributed by atoms with Crippen LogP contribution in [0, 0.1) is 27.7 Å². The molecule has 1 aromatic heterocycles. The Morgan fingerprint density at radius 2 is 1.71 bits per heavy atom. The largest absolute Gasteiger partial charge is 0.435 e. The van der Waals surface area contributed by atoms with Gasteiger partial charge < -0.3 is 9.80 Å². The van der Waals surface area contributed by atoms with Gasteiger partial charge >= 0.3 is 6.18 Å². The molecule has 2 aromatic rings. The van der Waals surface area contributed by atoms with Crippen molar-refractivity contribution in [1.82, 2.24) is 14.7 Å². The maximum atomic E-state index is 13.0. The first-order valence-corrected chi connectivity index (χ1v) is 9.29. The van der Waals surface area contributed by atoms with Crippen molar-refractivity contribution in [3.8, 4) is 0 Å². The normalized spacial score (nSPS) is 15.2. The number of piperazine rings is 1. The number of anilines is 1. The molecule has 0 aliphatic carbocycles. The number of nitrogens with zero attached hydrogens (tertiary/aromatic N) is 4. The van der Waals surface area contributed by atoms with Gasteiger partial charge in [0.05, 0.1) is 0 Å². The maximum Gasteiger partial charge on any atom is 0.435 e. The molecule has 1 aromatic carbocycles. The van der Waals surface area contributed by atoms with E-state index in [2.05, 4.69) is 35.1 Å². The fourth-order valence-electron chi connectivity index (χ4n) is 3.54. The molecule has 2 heterocycles. The van der Waals surface area contributed by atoms with Crippen LogP contribution in [-0.2, 0) is 17.5 Å². The first-order chi connectivity index (χ1) is 13.1. The minimum absolute atomic E-state index is 0.0695. The van der Waals surface area contributed by atoms with E-state index in [1.807, 2.05) is 6.92 Å². The predicted molar refractivity (Wildman–Crippen MR) is 101 cm³/mol. The lowest BCUT2D eigenvalue weighted by Crippen LogP contribution is -2.50. The van der Waals surface area contributed by atoms with Gasteiger partial charge in [0.25, 0.3) is 0 Å². The van der Waals surface area contributed by atoms with Gasteiger partial charge in [-0.15, -0.1) is 0 Å². The first kappa shape index (κ1) is 20.2. The summed E-state index contributed by atoms with van der Waals surface area (Å²) in [4.78, 5) is 16.6. The summed E-state index contributed by atoms with van der Waals surface area (Å²) in [5.74, 6) is -0.208. The fraction of sp³-hybridized carbons (Fsp3) is 0.500. The van der Waals surface area contributed by atoms with Gasteiger partial charge in [-0.2, -0.15) is 18.3 Å². The molecule has 1 aliphatic rings. The first-order valence-electron chi connectivity index (χ1n) is 9.29. The van der Waals surface area contributed by atoms with Gasteiger partial charge in [0.1, 0.15) is 6.54 Å². The van der Waals surface area contributed by atoms with E-state index in [9.17, 15) is 18.0 Å². The number of aromatic nitrogens is 2. The van der Waals surface area contributed by atoms with Gasteiger partial charge in [0, 0.05) is 43.1 Å². The zero-order valence-corrected chi connectivity index (χ0v) is 16.6. The Morgan fingerprint density at radius 1 is 1.07 bits per heavy atom. The summed E-state index contributed by atoms with van der Waals surface area (Å²) in [6.07, 6.45) is -4.51. The zero-order chi connectivity index (χ0) is 20.6. The van der Waals surface area contributed by atoms with Crippen LogP contribution in [0.5, 0.6) is 0 Å². The molecule has 8 heteroatoms. The second kappa shape index (κ2) is 7.48. The van der Waals surface area contributed by atoms with E-state index < -0.39 is 11.9 Å². The van der Waals surface area contributed by atoms with E-state index in [0.717, 1.165) is 4.68 Å². The number of hydrogen-bond acceptors (Lipinski definition) is 3. The van der Waals surface area contributed by atoms with Gasteiger partial charge in [-0.05, 0) is 44.9 Å². The number of aryl methyl sites for hydroxylation is 2. The van der Waals surface area contributed by atoms with E-state index in [-0.39, 0.29) is 18.0 Å². The third-order valence-corrected chi connectivity index (χ3v) is 5.40. The maximum absolute atomic E-state index is 13.0. The van der Waals surface area contributed by atoms with Crippen molar-refractivity contribution in [2.75, 3.05) is 31.1 Å². The van der Waals surface area contributed by atoms with Crippen LogP contribution in [0.3, 0.4) is 0 Å². The van der Waals surface area contributed by atoms with E-state index in [1.165, 1.54) is 23.7 Å². The predicted octanol–water partition coefficient (Wildman–Crippen LogP) is 3.48. The topological polar surface area (TPSA) is 41.4 Å². The molecule has 0 unspecified atom stereocenters. The molecule has 1 amide bonds. The molecule has 0 saturated carbocycles. The minimum atomic E-state index is -4.51. The molecule has 0 spiro atoms. The van der Waals surface area contributed by atoms with Crippen LogP contribution in [-0.4, -0.2) is 46.8 Å². The molecule has 0 radical (unpaired) electrons. The Morgan fingerprint density at radius 3 is 2.29 bits per heavy atom. The van der Waals surface area contributed by atoms with E-state index in [4.69, 9.17) is 0 Å². The lowest BCUT2D eigenvalue weighted by molar-refractivity contribution is -0.142. The summed E-state index contributed by atoms with van der Waals surface area (Å²) in [6, 6.07) is 6.30. The molecule has 0 N–H and O–H groups in total. The lowest BCUT2D eigenvalue weighted by Gasteiger charge is -2.37. The van der Waals surface area contributed by atoms with Crippen molar-refractivity contribution in [3.63, 3.8) is 0 Å². The van der Waals surface area contributed by atoms with Crippen LogP contribution in [0.1, 0.15) is 28.1 Å².